The molecule has 0 fully saturated rings. The zero-order chi connectivity index (χ0) is 10.9. The molecule has 0 radical (unpaired) electrons. The smallest absolute Gasteiger partial charge is 0.338 e. The SMILES string of the molecule is Nc1nc(I)c(C(=O)O)cc1C(F)F. The molecule has 1 heterocycles. The van der Waals surface area contributed by atoms with E-state index in [2.05, 4.69) is 4.98 Å². The van der Waals surface area contributed by atoms with Crippen molar-refractivity contribution in [3.63, 3.8) is 0 Å². The largest absolute Gasteiger partial charge is 0.478 e. The van der Waals surface area contributed by atoms with Gasteiger partial charge in [0.25, 0.3) is 6.43 Å². The molecule has 7 heteroatoms. The van der Waals surface area contributed by atoms with Gasteiger partial charge in [-0.05, 0) is 28.7 Å². The normalized spacial score (nSPS) is 10.6. The number of rotatable bonds is 2. The van der Waals surface area contributed by atoms with Crippen LogP contribution in [0.25, 0.3) is 0 Å². The maximum atomic E-state index is 12.3. The zero-order valence-electron chi connectivity index (χ0n) is 6.67. The Bertz CT molecular complexity index is 384. The van der Waals surface area contributed by atoms with Crippen LogP contribution in [0.2, 0.25) is 0 Å². The molecule has 76 valence electrons. The minimum Gasteiger partial charge on any atom is -0.478 e. The highest BCUT2D eigenvalue weighted by molar-refractivity contribution is 14.1. The van der Waals surface area contributed by atoms with E-state index in [4.69, 9.17) is 10.8 Å². The van der Waals surface area contributed by atoms with E-state index in [1.807, 2.05) is 0 Å². The molecule has 3 N–H and O–H groups in total. The van der Waals surface area contributed by atoms with E-state index in [0.29, 0.717) is 0 Å². The second kappa shape index (κ2) is 4.03. The number of hydrogen-bond donors (Lipinski definition) is 2. The highest BCUT2D eigenvalue weighted by Crippen LogP contribution is 2.26. The number of carboxylic acids is 1. The van der Waals surface area contributed by atoms with E-state index >= 15 is 0 Å². The third kappa shape index (κ3) is 2.08. The van der Waals surface area contributed by atoms with Crippen molar-refractivity contribution < 1.29 is 18.7 Å². The van der Waals surface area contributed by atoms with Crippen LogP contribution in [-0.4, -0.2) is 16.1 Å². The van der Waals surface area contributed by atoms with Crippen LogP contribution in [0, 0.1) is 3.70 Å². The number of hydrogen-bond acceptors (Lipinski definition) is 3. The molecule has 4 nitrogen and oxygen atoms in total. The number of carbonyl (C=O) groups is 1. The van der Waals surface area contributed by atoms with Crippen LogP contribution in [0.1, 0.15) is 22.3 Å². The van der Waals surface area contributed by atoms with Gasteiger partial charge < -0.3 is 10.8 Å². The lowest BCUT2D eigenvalue weighted by Crippen LogP contribution is -2.07. The van der Waals surface area contributed by atoms with E-state index in [1.165, 1.54) is 0 Å². The Morgan fingerprint density at radius 3 is 2.64 bits per heavy atom. The Balaban J connectivity index is 3.34. The van der Waals surface area contributed by atoms with Gasteiger partial charge in [-0.15, -0.1) is 0 Å². The minimum absolute atomic E-state index is 0.0944. The molecule has 0 saturated heterocycles. The number of carboxylic acid groups (broad SMARTS) is 1. The summed E-state index contributed by atoms with van der Waals surface area (Å²) in [7, 11) is 0. The van der Waals surface area contributed by atoms with Gasteiger partial charge >= 0.3 is 5.97 Å². The maximum absolute atomic E-state index is 12.3. The summed E-state index contributed by atoms with van der Waals surface area (Å²) < 4.78 is 24.7. The van der Waals surface area contributed by atoms with Crippen LogP contribution in [0.15, 0.2) is 6.07 Å². The Labute approximate surface area is 91.3 Å². The first kappa shape index (κ1) is 11.1. The summed E-state index contributed by atoms with van der Waals surface area (Å²) in [6.45, 7) is 0. The van der Waals surface area contributed by atoms with E-state index < -0.39 is 18.0 Å². The van der Waals surface area contributed by atoms with Crippen molar-refractivity contribution in [3.8, 4) is 0 Å². The van der Waals surface area contributed by atoms with Crippen molar-refractivity contribution >= 4 is 34.4 Å². The molecule has 0 aromatic carbocycles. The Morgan fingerprint density at radius 1 is 1.64 bits per heavy atom. The van der Waals surface area contributed by atoms with Gasteiger partial charge in [0.05, 0.1) is 11.1 Å². The summed E-state index contributed by atoms with van der Waals surface area (Å²) in [5.41, 5.74) is 4.38. The van der Waals surface area contributed by atoms with Crippen molar-refractivity contribution in [1.29, 1.82) is 0 Å². The predicted octanol–water partition coefficient (Wildman–Crippen LogP) is 1.90. The van der Waals surface area contributed by atoms with Gasteiger partial charge in [-0.3, -0.25) is 0 Å². The van der Waals surface area contributed by atoms with Crippen LogP contribution in [-0.2, 0) is 0 Å². The third-order valence-corrected chi connectivity index (χ3v) is 2.32. The monoisotopic (exact) mass is 314 g/mol. The van der Waals surface area contributed by atoms with Gasteiger partial charge in [-0.2, -0.15) is 0 Å². The third-order valence-electron chi connectivity index (χ3n) is 1.50. The number of alkyl halides is 2. The number of aromatic nitrogens is 1. The standard InChI is InChI=1S/C7H5F2IN2O2/c8-4(9)2-1-3(7(13)14)5(10)12-6(2)11/h1,4H,(H2,11,12)(H,13,14). The molecule has 0 aliphatic heterocycles. The van der Waals surface area contributed by atoms with Crippen molar-refractivity contribution in [2.75, 3.05) is 5.73 Å². The fraction of sp³-hybridized carbons (Fsp3) is 0.143. The summed E-state index contributed by atoms with van der Waals surface area (Å²) in [5, 5.41) is 8.63. The van der Waals surface area contributed by atoms with Crippen LogP contribution >= 0.6 is 22.6 Å². The van der Waals surface area contributed by atoms with Crippen molar-refractivity contribution in [2.24, 2.45) is 0 Å². The van der Waals surface area contributed by atoms with Gasteiger partial charge in [0.2, 0.25) is 0 Å². The molecule has 1 aromatic heterocycles. The molecule has 0 aliphatic carbocycles. The average Bonchev–Trinajstić information content (AvgIpc) is 2.02. The van der Waals surface area contributed by atoms with Crippen LogP contribution in [0.4, 0.5) is 14.6 Å². The van der Waals surface area contributed by atoms with Gasteiger partial charge in [0.1, 0.15) is 9.52 Å². The zero-order valence-corrected chi connectivity index (χ0v) is 8.83. The molecule has 1 rings (SSSR count). The van der Waals surface area contributed by atoms with Gasteiger partial charge in [0.15, 0.2) is 0 Å². The summed E-state index contributed by atoms with van der Waals surface area (Å²) >= 11 is 1.62. The summed E-state index contributed by atoms with van der Waals surface area (Å²) in [5.74, 6) is -1.64. The summed E-state index contributed by atoms with van der Waals surface area (Å²) in [4.78, 5) is 14.1. The summed E-state index contributed by atoms with van der Waals surface area (Å²) in [6.07, 6.45) is -2.82. The number of aromatic carboxylic acids is 1. The molecule has 0 spiro atoms. The quantitative estimate of drug-likeness (QED) is 0.646. The lowest BCUT2D eigenvalue weighted by molar-refractivity contribution is 0.0694. The van der Waals surface area contributed by atoms with Crippen molar-refractivity contribution in [1.82, 2.24) is 4.98 Å². The first-order chi connectivity index (χ1) is 6.43. The summed E-state index contributed by atoms with van der Waals surface area (Å²) in [6, 6.07) is 0.844. The highest BCUT2D eigenvalue weighted by atomic mass is 127. The first-order valence-corrected chi connectivity index (χ1v) is 4.48. The molecule has 0 aliphatic rings. The van der Waals surface area contributed by atoms with Crippen LogP contribution in [0.5, 0.6) is 0 Å². The van der Waals surface area contributed by atoms with E-state index in [1.54, 1.807) is 22.6 Å². The van der Waals surface area contributed by atoms with Crippen molar-refractivity contribution in [3.05, 3.63) is 20.9 Å². The molecular weight excluding hydrogens is 309 g/mol. The van der Waals surface area contributed by atoms with Crippen molar-refractivity contribution in [2.45, 2.75) is 6.43 Å². The number of halogens is 3. The molecule has 14 heavy (non-hydrogen) atoms. The number of nitrogens with zero attached hydrogens (tertiary/aromatic N) is 1. The first-order valence-electron chi connectivity index (χ1n) is 3.41. The molecule has 0 unspecified atom stereocenters. The Morgan fingerprint density at radius 2 is 2.21 bits per heavy atom. The molecule has 0 saturated carbocycles. The second-order valence-corrected chi connectivity index (χ2v) is 3.43. The van der Waals surface area contributed by atoms with E-state index in [0.717, 1.165) is 6.07 Å². The molecule has 0 atom stereocenters. The number of nitrogen functional groups attached to an aromatic ring is 1. The Kier molecular flexibility index (Phi) is 3.19. The Hall–Kier alpha value is -0.990. The van der Waals surface area contributed by atoms with E-state index in [9.17, 15) is 13.6 Å². The molecular formula is C7H5F2IN2O2. The second-order valence-electron chi connectivity index (χ2n) is 2.41. The fourth-order valence-electron chi connectivity index (χ4n) is 0.844. The molecule has 0 amide bonds. The van der Waals surface area contributed by atoms with Crippen LogP contribution < -0.4 is 5.73 Å². The number of anilines is 1. The number of nitrogens with two attached hydrogens (primary N) is 1. The maximum Gasteiger partial charge on any atom is 0.338 e. The van der Waals surface area contributed by atoms with Gasteiger partial charge in [0, 0.05) is 0 Å². The highest BCUT2D eigenvalue weighted by Gasteiger charge is 2.18. The van der Waals surface area contributed by atoms with Gasteiger partial charge in [-0.25, -0.2) is 18.6 Å². The predicted molar refractivity (Wildman–Crippen MR) is 53.3 cm³/mol. The topological polar surface area (TPSA) is 76.2 Å². The lowest BCUT2D eigenvalue weighted by Gasteiger charge is -2.06. The van der Waals surface area contributed by atoms with Gasteiger partial charge in [-0.1, -0.05) is 0 Å². The molecule has 0 bridgehead atoms. The lowest BCUT2D eigenvalue weighted by atomic mass is 10.2. The number of pyridine rings is 1. The molecule has 1 aromatic rings. The average molecular weight is 314 g/mol. The fourth-order valence-corrected chi connectivity index (χ4v) is 1.49. The van der Waals surface area contributed by atoms with Crippen LogP contribution in [0.3, 0.4) is 0 Å². The van der Waals surface area contributed by atoms with E-state index in [-0.39, 0.29) is 15.1 Å². The minimum atomic E-state index is -2.82.